The van der Waals surface area contributed by atoms with Crippen LogP contribution >= 0.6 is 11.8 Å². The zero-order valence-electron chi connectivity index (χ0n) is 31.0. The fourth-order valence-corrected chi connectivity index (χ4v) is 8.19. The molecule has 15 heteroatoms. The van der Waals surface area contributed by atoms with E-state index in [4.69, 9.17) is 9.72 Å². The van der Waals surface area contributed by atoms with Gasteiger partial charge < -0.3 is 9.30 Å². The van der Waals surface area contributed by atoms with E-state index >= 15 is 0 Å². The first-order chi connectivity index (χ1) is 26.2. The van der Waals surface area contributed by atoms with Crippen LogP contribution in [0.4, 0.5) is 5.82 Å². The fraction of sp³-hybridized carbons (Fsp3) is 0.487. The number of anilines is 1. The number of unbranched alkanes of at least 4 members (excludes halogenated alkanes) is 2. The van der Waals surface area contributed by atoms with Gasteiger partial charge in [-0.25, -0.2) is 10.4 Å². The van der Waals surface area contributed by atoms with Gasteiger partial charge in [0.15, 0.2) is 0 Å². The molecule has 2 fully saturated rings. The van der Waals surface area contributed by atoms with Crippen LogP contribution in [0.3, 0.4) is 0 Å². The summed E-state index contributed by atoms with van der Waals surface area (Å²) in [7, 11) is 1.94. The van der Waals surface area contributed by atoms with Crippen LogP contribution in [-0.4, -0.2) is 98.0 Å². The van der Waals surface area contributed by atoms with E-state index in [1.807, 2.05) is 23.7 Å². The number of hydrogen-bond acceptors (Lipinski definition) is 11. The second-order valence-corrected chi connectivity index (χ2v) is 15.8. The summed E-state index contributed by atoms with van der Waals surface area (Å²) in [6, 6.07) is 8.25. The maximum Gasteiger partial charge on any atom is 0.260 e. The van der Waals surface area contributed by atoms with Gasteiger partial charge in [-0.1, -0.05) is 19.8 Å². The average molecular weight is 754 g/mol. The number of benzene rings is 1. The van der Waals surface area contributed by atoms with Crippen LogP contribution < -0.4 is 10.3 Å². The topological polar surface area (TPSA) is 155 Å². The molecule has 7 rings (SSSR count). The Hall–Kier alpha value is -4.73. The molecule has 1 aromatic carbocycles. The second-order valence-electron chi connectivity index (χ2n) is 14.5. The Morgan fingerprint density at radius 3 is 2.54 bits per heavy atom. The molecule has 0 bridgehead atoms. The number of carbonyl (C=O) groups is 4. The van der Waals surface area contributed by atoms with Gasteiger partial charge in [0.05, 0.1) is 31.0 Å². The van der Waals surface area contributed by atoms with Crippen LogP contribution in [0.25, 0.3) is 0 Å². The van der Waals surface area contributed by atoms with Crippen molar-refractivity contribution in [1.82, 2.24) is 35.0 Å². The molecule has 0 saturated carbocycles. The average Bonchev–Trinajstić information content (AvgIpc) is 3.82. The first-order valence-corrected chi connectivity index (χ1v) is 19.8. The number of carbonyl (C=O) groups excluding carboxylic acids is 4. The molecule has 4 aliphatic heterocycles. The highest BCUT2D eigenvalue weighted by molar-refractivity contribution is 7.99. The number of amides is 4. The van der Waals surface area contributed by atoms with Gasteiger partial charge in [0.2, 0.25) is 5.91 Å². The van der Waals surface area contributed by atoms with E-state index in [0.29, 0.717) is 63.4 Å². The quantitative estimate of drug-likeness (QED) is 0.0749. The van der Waals surface area contributed by atoms with Crippen molar-refractivity contribution in [3.63, 3.8) is 0 Å². The SMILES string of the molecule is CCSc1cc(C2(Cc3nncn3C)COC2)cc(N2Cc3c(/C=N/NC(=O)CCCCCN4C(=O)C=CC4=O)cc(CN4CCCCC4)cc3C2=O)n1. The highest BCUT2D eigenvalue weighted by atomic mass is 32.2. The molecule has 14 nitrogen and oxygen atoms in total. The molecule has 54 heavy (non-hydrogen) atoms. The molecule has 0 atom stereocenters. The Kier molecular flexibility index (Phi) is 11.6. The van der Waals surface area contributed by atoms with Gasteiger partial charge in [-0.15, -0.1) is 22.0 Å². The summed E-state index contributed by atoms with van der Waals surface area (Å²) in [5.41, 5.74) is 6.70. The van der Waals surface area contributed by atoms with E-state index in [1.165, 1.54) is 23.5 Å². The third-order valence-corrected chi connectivity index (χ3v) is 11.4. The summed E-state index contributed by atoms with van der Waals surface area (Å²) < 4.78 is 7.71. The summed E-state index contributed by atoms with van der Waals surface area (Å²) in [4.78, 5) is 60.9. The number of nitrogens with zero attached hydrogens (tertiary/aromatic N) is 8. The van der Waals surface area contributed by atoms with E-state index < -0.39 is 0 Å². The normalized spacial score (nSPS) is 18.2. The summed E-state index contributed by atoms with van der Waals surface area (Å²) >= 11 is 1.64. The van der Waals surface area contributed by atoms with Gasteiger partial charge in [-0.2, -0.15) is 5.10 Å². The standard InChI is InChI=1S/C39H47N9O5S/c1-3-54-35-19-29(39(24-53-25-39)20-33-43-41-26-45(33)2)18-32(42-35)48-23-31-28(16-27(17-30(31)38(48)52)22-46-13-7-5-8-14-46)21-40-44-34(49)10-6-4-9-15-47-36(50)11-12-37(47)51/h11-12,16-19,21,26H,3-10,13-15,20,22-25H2,1-2H3,(H,44,49)/b40-21+. The van der Waals surface area contributed by atoms with E-state index in [2.05, 4.69) is 44.7 Å². The van der Waals surface area contributed by atoms with Gasteiger partial charge >= 0.3 is 0 Å². The van der Waals surface area contributed by atoms with E-state index in [-0.39, 0.29) is 35.5 Å². The molecule has 1 N–H and O–H groups in total. The molecule has 2 saturated heterocycles. The number of thioether (sulfide) groups is 1. The van der Waals surface area contributed by atoms with Crippen molar-refractivity contribution in [1.29, 1.82) is 0 Å². The van der Waals surface area contributed by atoms with Crippen molar-refractivity contribution in [2.75, 3.05) is 43.5 Å². The highest BCUT2D eigenvalue weighted by Crippen LogP contribution is 2.40. The molecule has 6 heterocycles. The molecular weight excluding hydrogens is 707 g/mol. The number of likely N-dealkylation sites (tertiary alicyclic amines) is 1. The molecule has 0 unspecified atom stereocenters. The number of hydrogen-bond donors (Lipinski definition) is 1. The van der Waals surface area contributed by atoms with Gasteiger partial charge in [0, 0.05) is 61.7 Å². The van der Waals surface area contributed by atoms with Crippen LogP contribution in [0.1, 0.15) is 90.3 Å². The highest BCUT2D eigenvalue weighted by Gasteiger charge is 2.43. The lowest BCUT2D eigenvalue weighted by atomic mass is 9.76. The number of imide groups is 1. The number of fused-ring (bicyclic) bond motifs is 1. The van der Waals surface area contributed by atoms with Gasteiger partial charge in [-0.3, -0.25) is 33.9 Å². The van der Waals surface area contributed by atoms with Gasteiger partial charge in [-0.05, 0) is 85.5 Å². The Labute approximate surface area is 319 Å². The minimum atomic E-state index is -0.307. The fourth-order valence-electron chi connectivity index (χ4n) is 7.53. The number of pyridine rings is 1. The number of aryl methyl sites for hydroxylation is 1. The summed E-state index contributed by atoms with van der Waals surface area (Å²) in [6.07, 6.45) is 12.3. The Bertz CT molecular complexity index is 1950. The van der Waals surface area contributed by atoms with Crippen molar-refractivity contribution >= 4 is 47.4 Å². The Morgan fingerprint density at radius 2 is 1.83 bits per heavy atom. The minimum absolute atomic E-state index is 0.110. The molecule has 4 aliphatic rings. The zero-order chi connectivity index (χ0) is 37.7. The van der Waals surface area contributed by atoms with E-state index in [1.54, 1.807) is 29.2 Å². The maximum absolute atomic E-state index is 14.3. The number of hydrazone groups is 1. The number of nitrogens with one attached hydrogen (secondary N) is 1. The molecule has 0 aliphatic carbocycles. The Balaban J connectivity index is 1.09. The van der Waals surface area contributed by atoms with Crippen molar-refractivity contribution in [2.24, 2.45) is 12.1 Å². The molecular formula is C39H47N9O5S. The lowest BCUT2D eigenvalue weighted by Crippen LogP contribution is -2.49. The van der Waals surface area contributed by atoms with Crippen LogP contribution in [0, 0.1) is 0 Å². The second kappa shape index (κ2) is 16.7. The predicted molar refractivity (Wildman–Crippen MR) is 204 cm³/mol. The van der Waals surface area contributed by atoms with E-state index in [9.17, 15) is 19.2 Å². The molecule has 3 aromatic rings. The van der Waals surface area contributed by atoms with E-state index in [0.717, 1.165) is 71.3 Å². The summed E-state index contributed by atoms with van der Waals surface area (Å²) in [6.45, 7) is 6.61. The number of rotatable bonds is 16. The molecule has 0 radical (unpaired) electrons. The number of aromatic nitrogens is 4. The maximum atomic E-state index is 14.3. The third kappa shape index (κ3) is 8.32. The van der Waals surface area contributed by atoms with Crippen molar-refractivity contribution in [3.05, 3.63) is 76.4 Å². The van der Waals surface area contributed by atoms with Crippen LogP contribution in [0.15, 0.2) is 52.9 Å². The van der Waals surface area contributed by atoms with Crippen molar-refractivity contribution in [3.8, 4) is 0 Å². The largest absolute Gasteiger partial charge is 0.379 e. The first-order valence-electron chi connectivity index (χ1n) is 18.8. The Morgan fingerprint density at radius 1 is 1.04 bits per heavy atom. The summed E-state index contributed by atoms with van der Waals surface area (Å²) in [5, 5.41) is 13.6. The predicted octanol–water partition coefficient (Wildman–Crippen LogP) is 3.91. The molecule has 284 valence electrons. The van der Waals surface area contributed by atoms with Gasteiger partial charge in [0.1, 0.15) is 18.0 Å². The van der Waals surface area contributed by atoms with Crippen molar-refractivity contribution in [2.45, 2.75) is 81.8 Å². The number of piperidine rings is 1. The minimum Gasteiger partial charge on any atom is -0.379 e. The lowest BCUT2D eigenvalue weighted by molar-refractivity contribution is -0.137. The first kappa shape index (κ1) is 37.6. The molecule has 4 amide bonds. The van der Waals surface area contributed by atoms with Crippen LogP contribution in [-0.2, 0) is 51.1 Å². The van der Waals surface area contributed by atoms with Crippen LogP contribution in [0.5, 0.6) is 0 Å². The zero-order valence-corrected chi connectivity index (χ0v) is 31.8. The monoisotopic (exact) mass is 753 g/mol. The van der Waals surface area contributed by atoms with Crippen molar-refractivity contribution < 1.29 is 23.9 Å². The smallest absolute Gasteiger partial charge is 0.260 e. The number of ether oxygens (including phenoxy) is 1. The lowest BCUT2D eigenvalue weighted by Gasteiger charge is -2.42. The third-order valence-electron chi connectivity index (χ3n) is 10.6. The summed E-state index contributed by atoms with van der Waals surface area (Å²) in [5.74, 6) is 1.38. The molecule has 2 aromatic heterocycles. The molecule has 0 spiro atoms. The van der Waals surface area contributed by atoms with Gasteiger partial charge in [0.25, 0.3) is 17.7 Å². The van der Waals surface area contributed by atoms with Crippen LogP contribution in [0.2, 0.25) is 0 Å².